The molecule has 0 aliphatic carbocycles. The predicted molar refractivity (Wildman–Crippen MR) is 76.0 cm³/mol. The molecule has 0 N–H and O–H groups in total. The van der Waals surface area contributed by atoms with Crippen LogP contribution in [0.3, 0.4) is 0 Å². The summed E-state index contributed by atoms with van der Waals surface area (Å²) in [5, 5.41) is 8.23. The first-order valence-corrected chi connectivity index (χ1v) is 7.73. The lowest BCUT2D eigenvalue weighted by Crippen LogP contribution is -2.42. The summed E-state index contributed by atoms with van der Waals surface area (Å²) in [7, 11) is 0. The largest absolute Gasteiger partial charge is 0.419 e. The van der Waals surface area contributed by atoms with E-state index < -0.39 is 0 Å². The molecule has 0 spiro atoms. The highest BCUT2D eigenvalue weighted by molar-refractivity contribution is 9.11. The van der Waals surface area contributed by atoms with Gasteiger partial charge in [0.1, 0.15) is 0 Å². The molecule has 2 aromatic rings. The Morgan fingerprint density at radius 3 is 3.11 bits per heavy atom. The van der Waals surface area contributed by atoms with Gasteiger partial charge in [0, 0.05) is 12.6 Å². The fourth-order valence-corrected chi connectivity index (χ4v) is 3.32. The standard InChI is InChI=1S/C12H14BrN3O2S/c1-8-7-17-5-4-16(8)6-11-14-15-12(18-11)9-2-3-10(13)19-9/h2-3,8H,4-7H2,1H3/t8-/m1/s1. The SMILES string of the molecule is C[C@@H]1COCCN1Cc1nnc(-c2ccc(Br)s2)o1. The highest BCUT2D eigenvalue weighted by Crippen LogP contribution is 2.30. The highest BCUT2D eigenvalue weighted by Gasteiger charge is 2.21. The summed E-state index contributed by atoms with van der Waals surface area (Å²) >= 11 is 5.02. The van der Waals surface area contributed by atoms with Crippen LogP contribution < -0.4 is 0 Å². The van der Waals surface area contributed by atoms with Crippen LogP contribution in [0, 0.1) is 0 Å². The molecule has 7 heteroatoms. The molecule has 0 radical (unpaired) electrons. The molecule has 1 fully saturated rings. The van der Waals surface area contributed by atoms with E-state index in [1.54, 1.807) is 11.3 Å². The lowest BCUT2D eigenvalue weighted by molar-refractivity contribution is -0.00777. The molecular formula is C12H14BrN3O2S. The highest BCUT2D eigenvalue weighted by atomic mass is 79.9. The molecule has 2 aromatic heterocycles. The van der Waals surface area contributed by atoms with Gasteiger partial charge < -0.3 is 9.15 Å². The van der Waals surface area contributed by atoms with E-state index in [1.807, 2.05) is 12.1 Å². The first kappa shape index (κ1) is 13.2. The maximum Gasteiger partial charge on any atom is 0.257 e. The van der Waals surface area contributed by atoms with E-state index in [2.05, 4.69) is 38.0 Å². The Morgan fingerprint density at radius 1 is 1.47 bits per heavy atom. The number of hydrogen-bond donors (Lipinski definition) is 0. The second kappa shape index (κ2) is 5.70. The Balaban J connectivity index is 1.71. The van der Waals surface area contributed by atoms with Crippen molar-refractivity contribution in [3.8, 4) is 10.8 Å². The molecule has 1 saturated heterocycles. The molecule has 0 bridgehead atoms. The lowest BCUT2D eigenvalue weighted by Gasteiger charge is -2.31. The van der Waals surface area contributed by atoms with Crippen molar-refractivity contribution < 1.29 is 9.15 Å². The van der Waals surface area contributed by atoms with Gasteiger partial charge in [-0.05, 0) is 35.0 Å². The summed E-state index contributed by atoms with van der Waals surface area (Å²) in [6.07, 6.45) is 0. The van der Waals surface area contributed by atoms with Crippen LogP contribution in [0.5, 0.6) is 0 Å². The van der Waals surface area contributed by atoms with Gasteiger partial charge in [-0.3, -0.25) is 4.90 Å². The maximum absolute atomic E-state index is 5.72. The molecule has 3 heterocycles. The van der Waals surface area contributed by atoms with Crippen molar-refractivity contribution in [2.24, 2.45) is 0 Å². The van der Waals surface area contributed by atoms with E-state index in [4.69, 9.17) is 9.15 Å². The Hall–Kier alpha value is -0.760. The number of ether oxygens (including phenoxy) is 1. The molecule has 0 unspecified atom stereocenters. The molecule has 0 aromatic carbocycles. The maximum atomic E-state index is 5.72. The molecule has 19 heavy (non-hydrogen) atoms. The van der Waals surface area contributed by atoms with Gasteiger partial charge in [-0.1, -0.05) is 0 Å². The summed E-state index contributed by atoms with van der Waals surface area (Å²) in [6, 6.07) is 4.34. The van der Waals surface area contributed by atoms with Crippen molar-refractivity contribution in [1.29, 1.82) is 0 Å². The van der Waals surface area contributed by atoms with E-state index in [1.165, 1.54) is 0 Å². The van der Waals surface area contributed by atoms with Crippen molar-refractivity contribution in [2.45, 2.75) is 19.5 Å². The minimum Gasteiger partial charge on any atom is -0.419 e. The minimum atomic E-state index is 0.389. The van der Waals surface area contributed by atoms with E-state index in [-0.39, 0.29) is 0 Å². The molecule has 0 amide bonds. The van der Waals surface area contributed by atoms with Gasteiger partial charge >= 0.3 is 0 Å². The third-order valence-corrected chi connectivity index (χ3v) is 4.71. The molecule has 5 nitrogen and oxygen atoms in total. The average Bonchev–Trinajstić information content (AvgIpc) is 3.01. The first-order chi connectivity index (χ1) is 9.22. The molecule has 1 aliphatic rings. The number of nitrogens with zero attached hydrogens (tertiary/aromatic N) is 3. The van der Waals surface area contributed by atoms with Crippen LogP contribution in [0.2, 0.25) is 0 Å². The second-order valence-electron chi connectivity index (χ2n) is 4.50. The Kier molecular flexibility index (Phi) is 3.97. The first-order valence-electron chi connectivity index (χ1n) is 6.12. The fourth-order valence-electron chi connectivity index (χ4n) is 2.02. The molecule has 3 rings (SSSR count). The zero-order valence-corrected chi connectivity index (χ0v) is 12.9. The Bertz CT molecular complexity index is 557. The number of aromatic nitrogens is 2. The van der Waals surface area contributed by atoms with Crippen molar-refractivity contribution >= 4 is 27.3 Å². The van der Waals surface area contributed by atoms with Crippen molar-refractivity contribution in [2.75, 3.05) is 19.8 Å². The van der Waals surface area contributed by atoms with Gasteiger partial charge in [0.05, 0.1) is 28.4 Å². The van der Waals surface area contributed by atoms with E-state index in [0.29, 0.717) is 24.4 Å². The summed E-state index contributed by atoms with van der Waals surface area (Å²) in [5.41, 5.74) is 0. The number of thiophene rings is 1. The van der Waals surface area contributed by atoms with Crippen LogP contribution >= 0.6 is 27.3 Å². The van der Waals surface area contributed by atoms with Crippen molar-refractivity contribution in [3.63, 3.8) is 0 Å². The summed E-state index contributed by atoms with van der Waals surface area (Å²) in [4.78, 5) is 3.28. The van der Waals surface area contributed by atoms with Gasteiger partial charge in [-0.2, -0.15) is 0 Å². The predicted octanol–water partition coefficient (Wildman–Crippen LogP) is 2.78. The Morgan fingerprint density at radius 2 is 2.37 bits per heavy atom. The van der Waals surface area contributed by atoms with Crippen molar-refractivity contribution in [1.82, 2.24) is 15.1 Å². The van der Waals surface area contributed by atoms with Gasteiger partial charge in [-0.15, -0.1) is 21.5 Å². The molecule has 0 saturated carbocycles. The van der Waals surface area contributed by atoms with Crippen LogP contribution in [0.15, 0.2) is 20.3 Å². The normalized spacial score (nSPS) is 20.8. The third-order valence-electron chi connectivity index (χ3n) is 3.09. The van der Waals surface area contributed by atoms with Gasteiger partial charge in [0.15, 0.2) is 0 Å². The lowest BCUT2D eigenvalue weighted by atomic mass is 10.2. The smallest absolute Gasteiger partial charge is 0.257 e. The van der Waals surface area contributed by atoms with Crippen LogP contribution in [-0.2, 0) is 11.3 Å². The van der Waals surface area contributed by atoms with Gasteiger partial charge in [0.25, 0.3) is 5.89 Å². The molecule has 102 valence electrons. The summed E-state index contributed by atoms with van der Waals surface area (Å²) < 4.78 is 12.2. The average molecular weight is 344 g/mol. The zero-order valence-electron chi connectivity index (χ0n) is 10.5. The molecule has 1 atom stereocenters. The van der Waals surface area contributed by atoms with E-state index in [9.17, 15) is 0 Å². The zero-order chi connectivity index (χ0) is 13.2. The molecular weight excluding hydrogens is 330 g/mol. The second-order valence-corrected chi connectivity index (χ2v) is 6.96. The summed E-state index contributed by atoms with van der Waals surface area (Å²) in [5.74, 6) is 1.25. The van der Waals surface area contributed by atoms with Gasteiger partial charge in [-0.25, -0.2) is 0 Å². The fraction of sp³-hybridized carbons (Fsp3) is 0.500. The Labute approximate surface area is 123 Å². The van der Waals surface area contributed by atoms with Crippen molar-refractivity contribution in [3.05, 3.63) is 21.8 Å². The minimum absolute atomic E-state index is 0.389. The monoisotopic (exact) mass is 343 g/mol. The van der Waals surface area contributed by atoms with Crippen LogP contribution in [-0.4, -0.2) is 40.9 Å². The van der Waals surface area contributed by atoms with Gasteiger partial charge in [0.2, 0.25) is 5.89 Å². The van der Waals surface area contributed by atoms with E-state index in [0.717, 1.165) is 28.4 Å². The topological polar surface area (TPSA) is 51.4 Å². The number of hydrogen-bond acceptors (Lipinski definition) is 6. The van der Waals surface area contributed by atoms with Crippen LogP contribution in [0.25, 0.3) is 10.8 Å². The number of halogens is 1. The number of rotatable bonds is 3. The summed E-state index contributed by atoms with van der Waals surface area (Å²) in [6.45, 7) is 5.27. The van der Waals surface area contributed by atoms with E-state index >= 15 is 0 Å². The number of morpholine rings is 1. The van der Waals surface area contributed by atoms with Crippen LogP contribution in [0.4, 0.5) is 0 Å². The van der Waals surface area contributed by atoms with Crippen LogP contribution in [0.1, 0.15) is 12.8 Å². The molecule has 1 aliphatic heterocycles. The third kappa shape index (κ3) is 3.05. The quantitative estimate of drug-likeness (QED) is 0.857.